The summed E-state index contributed by atoms with van der Waals surface area (Å²) in [5.74, 6) is 0.713. The Morgan fingerprint density at radius 2 is 1.97 bits per heavy atom. The van der Waals surface area contributed by atoms with Gasteiger partial charge in [-0.25, -0.2) is 0 Å². The summed E-state index contributed by atoms with van der Waals surface area (Å²) in [5.41, 5.74) is 6.91. The zero-order chi connectivity index (χ0) is 24.8. The highest BCUT2D eigenvalue weighted by Gasteiger charge is 2.33. The molecule has 36 heavy (non-hydrogen) atoms. The van der Waals surface area contributed by atoms with Crippen molar-refractivity contribution in [1.29, 1.82) is 0 Å². The Balaban J connectivity index is 1.47. The minimum atomic E-state index is -0.173. The Bertz CT molecular complexity index is 1480. The summed E-state index contributed by atoms with van der Waals surface area (Å²) in [6, 6.07) is 15.7. The normalized spacial score (nSPS) is 17.7. The van der Waals surface area contributed by atoms with Gasteiger partial charge in [0.05, 0.1) is 13.7 Å². The number of carbonyl (C=O) groups excluding carboxylic acids is 1. The van der Waals surface area contributed by atoms with Crippen molar-refractivity contribution < 1.29 is 9.53 Å². The van der Waals surface area contributed by atoms with Crippen molar-refractivity contribution in [3.63, 3.8) is 0 Å². The van der Waals surface area contributed by atoms with E-state index in [2.05, 4.69) is 22.0 Å². The monoisotopic (exact) mass is 480 g/mol. The molecule has 2 aromatic carbocycles. The van der Waals surface area contributed by atoms with Crippen LogP contribution in [0, 0.1) is 0 Å². The summed E-state index contributed by atoms with van der Waals surface area (Å²) >= 11 is 0. The Morgan fingerprint density at radius 3 is 2.72 bits per heavy atom. The maximum atomic E-state index is 13.6. The molecule has 3 aromatic rings. The first-order chi connectivity index (χ1) is 17.5. The average molecular weight is 481 g/mol. The van der Waals surface area contributed by atoms with Gasteiger partial charge in [-0.15, -0.1) is 0 Å². The van der Waals surface area contributed by atoms with Crippen molar-refractivity contribution in [3.05, 3.63) is 99.6 Å². The van der Waals surface area contributed by atoms with Crippen LogP contribution < -0.4 is 26.2 Å². The number of nitrogens with zero attached hydrogens (tertiary/aromatic N) is 1. The molecule has 182 valence electrons. The summed E-state index contributed by atoms with van der Waals surface area (Å²) in [6.07, 6.45) is 7.88. The van der Waals surface area contributed by atoms with Crippen molar-refractivity contribution in [2.45, 2.75) is 38.5 Å². The van der Waals surface area contributed by atoms with Crippen LogP contribution in [-0.4, -0.2) is 29.8 Å². The van der Waals surface area contributed by atoms with Crippen molar-refractivity contribution in [1.82, 2.24) is 15.2 Å². The van der Waals surface area contributed by atoms with Gasteiger partial charge in [0.1, 0.15) is 17.6 Å². The first-order valence-electron chi connectivity index (χ1n) is 12.2. The van der Waals surface area contributed by atoms with E-state index >= 15 is 0 Å². The van der Waals surface area contributed by atoms with Gasteiger partial charge >= 0.3 is 0 Å². The van der Waals surface area contributed by atoms with Crippen LogP contribution in [0.25, 0.3) is 16.7 Å². The molecular weight excluding hydrogens is 452 g/mol. The van der Waals surface area contributed by atoms with Crippen molar-refractivity contribution in [3.8, 4) is 16.9 Å². The van der Waals surface area contributed by atoms with Crippen LogP contribution in [0.15, 0.2) is 77.4 Å². The number of allylic oxidation sites excluding steroid dienone is 2. The molecule has 1 unspecified atom stereocenters. The topological polar surface area (TPSA) is 84.4 Å². The van der Waals surface area contributed by atoms with E-state index in [0.717, 1.165) is 52.0 Å². The number of hydrogen-bond acceptors (Lipinski definition) is 5. The van der Waals surface area contributed by atoms with E-state index in [1.165, 1.54) is 0 Å². The fourth-order valence-corrected chi connectivity index (χ4v) is 4.84. The van der Waals surface area contributed by atoms with Crippen molar-refractivity contribution in [2.24, 2.45) is 0 Å². The molecule has 1 amide bonds. The highest BCUT2D eigenvalue weighted by Crippen LogP contribution is 2.41. The molecule has 3 aliphatic rings. The lowest BCUT2D eigenvalue weighted by Crippen LogP contribution is -2.33. The predicted molar refractivity (Wildman–Crippen MR) is 141 cm³/mol. The number of rotatable bonds is 6. The highest BCUT2D eigenvalue weighted by molar-refractivity contribution is 5.99. The third-order valence-corrected chi connectivity index (χ3v) is 6.89. The zero-order valence-electron chi connectivity index (χ0n) is 20.3. The molecule has 3 heterocycles. The summed E-state index contributed by atoms with van der Waals surface area (Å²) in [6.45, 7) is 2.45. The summed E-state index contributed by atoms with van der Waals surface area (Å²) in [7, 11) is 1.63. The molecule has 1 atom stereocenters. The second-order valence-electron chi connectivity index (χ2n) is 9.63. The molecule has 0 bridgehead atoms. The molecule has 0 radical (unpaired) electrons. The first-order valence-corrected chi connectivity index (χ1v) is 12.2. The van der Waals surface area contributed by atoms with E-state index < -0.39 is 0 Å². The van der Waals surface area contributed by atoms with Crippen LogP contribution in [0.3, 0.4) is 0 Å². The summed E-state index contributed by atoms with van der Waals surface area (Å²) in [4.78, 5) is 26.4. The summed E-state index contributed by atoms with van der Waals surface area (Å²) < 4.78 is 7.01. The van der Waals surface area contributed by atoms with Gasteiger partial charge in [0, 0.05) is 40.7 Å². The smallest absolute Gasteiger partial charge is 0.274 e. The predicted octanol–water partition coefficient (Wildman–Crippen LogP) is 4.11. The van der Waals surface area contributed by atoms with Gasteiger partial charge in [-0.3, -0.25) is 9.59 Å². The van der Waals surface area contributed by atoms with Crippen LogP contribution in [0.1, 0.15) is 41.3 Å². The molecule has 1 aliphatic carbocycles. The molecular formula is C29H28N4O3. The van der Waals surface area contributed by atoms with Crippen molar-refractivity contribution in [2.75, 3.05) is 12.4 Å². The van der Waals surface area contributed by atoms with Gasteiger partial charge in [0.15, 0.2) is 0 Å². The van der Waals surface area contributed by atoms with Gasteiger partial charge in [0.2, 0.25) is 0 Å². The Labute approximate surface area is 209 Å². The number of dihydropyridines is 1. The summed E-state index contributed by atoms with van der Waals surface area (Å²) in [5, 5.41) is 9.82. The van der Waals surface area contributed by atoms with Gasteiger partial charge < -0.3 is 25.3 Å². The number of anilines is 1. The standard InChI is InChI=1S/C29H28N4O3/c1-17-12-23-25-24(19-4-3-5-20(13-19)28(34)31-21-8-9-21)16-33(15-18-6-10-22(36-2)11-7-18)29(35)26(25)32-27(23)30-14-17/h3-7,10-14,16,21,27,30,32H,8-9,15H2,1-2H3,(H,31,34). The molecule has 7 nitrogen and oxygen atoms in total. The second-order valence-corrected chi connectivity index (χ2v) is 9.63. The zero-order valence-corrected chi connectivity index (χ0v) is 20.3. The maximum Gasteiger partial charge on any atom is 0.274 e. The molecule has 3 N–H and O–H groups in total. The minimum absolute atomic E-state index is 0.0594. The largest absolute Gasteiger partial charge is 0.497 e. The number of hydrogen-bond donors (Lipinski definition) is 3. The number of ether oxygens (including phenoxy) is 1. The number of methoxy groups -OCH3 is 1. The SMILES string of the molecule is COc1ccc(Cn2cc(-c3cccc(C(=O)NC4CC4)c3)c3c(c2=O)NC2NC=C(C)C=C32)cc1. The molecule has 0 spiro atoms. The van der Waals surface area contributed by atoms with E-state index in [1.54, 1.807) is 11.7 Å². The fourth-order valence-electron chi connectivity index (χ4n) is 4.84. The molecule has 0 saturated heterocycles. The van der Waals surface area contributed by atoms with E-state index in [4.69, 9.17) is 4.74 Å². The average Bonchev–Trinajstić information content (AvgIpc) is 3.63. The lowest BCUT2D eigenvalue weighted by Gasteiger charge is -2.19. The second kappa shape index (κ2) is 8.75. The van der Waals surface area contributed by atoms with Gasteiger partial charge in [0.25, 0.3) is 11.5 Å². The quantitative estimate of drug-likeness (QED) is 0.495. The van der Waals surface area contributed by atoms with Crippen LogP contribution in [0.4, 0.5) is 5.69 Å². The number of aromatic nitrogens is 1. The number of fused-ring (bicyclic) bond motifs is 3. The molecule has 1 fully saturated rings. The third-order valence-electron chi connectivity index (χ3n) is 6.89. The lowest BCUT2D eigenvalue weighted by atomic mass is 9.93. The molecule has 1 aromatic heterocycles. The first kappa shape index (κ1) is 22.2. The number of benzene rings is 2. The van der Waals surface area contributed by atoms with E-state index in [0.29, 0.717) is 17.8 Å². The number of nitrogens with one attached hydrogen (secondary N) is 3. The number of pyridine rings is 1. The maximum absolute atomic E-state index is 13.6. The van der Waals surface area contributed by atoms with Crippen LogP contribution in [-0.2, 0) is 6.54 Å². The molecule has 6 rings (SSSR count). The Morgan fingerprint density at radius 1 is 1.17 bits per heavy atom. The lowest BCUT2D eigenvalue weighted by molar-refractivity contribution is 0.0951. The van der Waals surface area contributed by atoms with Crippen LogP contribution in [0.2, 0.25) is 0 Å². The minimum Gasteiger partial charge on any atom is -0.497 e. The highest BCUT2D eigenvalue weighted by atomic mass is 16.5. The van der Waals surface area contributed by atoms with Crippen LogP contribution in [0.5, 0.6) is 5.75 Å². The molecule has 2 aliphatic heterocycles. The van der Waals surface area contributed by atoms with E-state index in [-0.39, 0.29) is 23.7 Å². The van der Waals surface area contributed by atoms with Gasteiger partial charge in [-0.1, -0.05) is 30.3 Å². The molecule has 7 heteroatoms. The molecule has 1 saturated carbocycles. The Kier molecular flexibility index (Phi) is 5.40. The Hall–Kier alpha value is -4.26. The van der Waals surface area contributed by atoms with Crippen molar-refractivity contribution >= 4 is 17.2 Å². The fraction of sp³-hybridized carbons (Fsp3) is 0.241. The van der Waals surface area contributed by atoms with Gasteiger partial charge in [-0.2, -0.15) is 0 Å². The van der Waals surface area contributed by atoms with E-state index in [9.17, 15) is 9.59 Å². The number of carbonyl (C=O) groups is 1. The number of amides is 1. The van der Waals surface area contributed by atoms with Gasteiger partial charge in [-0.05, 0) is 60.7 Å². The van der Waals surface area contributed by atoms with Crippen LogP contribution >= 0.6 is 0 Å². The van der Waals surface area contributed by atoms with E-state index in [1.807, 2.05) is 67.9 Å². The third kappa shape index (κ3) is 4.06.